The van der Waals surface area contributed by atoms with Crippen LogP contribution in [-0.2, 0) is 4.79 Å². The van der Waals surface area contributed by atoms with Gasteiger partial charge in [-0.1, -0.05) is 24.6 Å². The highest BCUT2D eigenvalue weighted by Gasteiger charge is 2.32. The number of rotatable bonds is 3. The fourth-order valence-electron chi connectivity index (χ4n) is 1.95. The van der Waals surface area contributed by atoms with E-state index in [2.05, 4.69) is 26.0 Å². The summed E-state index contributed by atoms with van der Waals surface area (Å²) in [4.78, 5) is 10.7. The highest BCUT2D eigenvalue weighted by Crippen LogP contribution is 2.44. The molecule has 0 aromatic rings. The molecule has 0 heterocycles. The molecular weight excluding hydrogens is 160 g/mol. The van der Waals surface area contributed by atoms with Crippen molar-refractivity contribution in [1.82, 2.24) is 0 Å². The van der Waals surface area contributed by atoms with E-state index in [1.54, 1.807) is 0 Å². The van der Waals surface area contributed by atoms with Crippen LogP contribution in [0.2, 0.25) is 0 Å². The molecule has 0 N–H and O–H groups in total. The Hall–Kier alpha value is -0.850. The van der Waals surface area contributed by atoms with E-state index in [4.69, 9.17) is 0 Å². The highest BCUT2D eigenvalue weighted by atomic mass is 16.1. The summed E-state index contributed by atoms with van der Waals surface area (Å²) in [7, 11) is 0. The zero-order valence-electron chi connectivity index (χ0n) is 8.76. The first-order chi connectivity index (χ1) is 6.14. The van der Waals surface area contributed by atoms with Gasteiger partial charge < -0.3 is 0 Å². The van der Waals surface area contributed by atoms with Gasteiger partial charge in [-0.25, -0.2) is 0 Å². The number of carbonyl (C=O) groups excluding carboxylic acids is 1. The maximum atomic E-state index is 10.7. The quantitative estimate of drug-likeness (QED) is 0.479. The fraction of sp³-hybridized carbons (Fsp3) is 0.583. The summed E-state index contributed by atoms with van der Waals surface area (Å²) >= 11 is 0. The molecule has 0 aromatic carbocycles. The van der Waals surface area contributed by atoms with E-state index >= 15 is 0 Å². The van der Waals surface area contributed by atoms with Gasteiger partial charge in [0.1, 0.15) is 6.29 Å². The zero-order valence-corrected chi connectivity index (χ0v) is 8.76. The summed E-state index contributed by atoms with van der Waals surface area (Å²) in [5, 5.41) is 0. The van der Waals surface area contributed by atoms with E-state index in [1.165, 1.54) is 5.57 Å². The van der Waals surface area contributed by atoms with Gasteiger partial charge in [-0.3, -0.25) is 4.79 Å². The largest absolute Gasteiger partial charge is 0.298 e. The number of allylic oxidation sites excluding steroid dienone is 4. The molecule has 0 radical (unpaired) electrons. The molecule has 1 rings (SSSR count). The van der Waals surface area contributed by atoms with Crippen molar-refractivity contribution in [1.29, 1.82) is 0 Å². The molecule has 0 spiro atoms. The van der Waals surface area contributed by atoms with Crippen LogP contribution in [0.15, 0.2) is 23.3 Å². The number of hydrogen-bond donors (Lipinski definition) is 0. The Kier molecular flexibility index (Phi) is 3.07. The van der Waals surface area contributed by atoms with Crippen molar-refractivity contribution in [3.63, 3.8) is 0 Å². The molecule has 0 aromatic heterocycles. The summed E-state index contributed by atoms with van der Waals surface area (Å²) < 4.78 is 0. The maximum absolute atomic E-state index is 10.7. The molecule has 0 aliphatic heterocycles. The van der Waals surface area contributed by atoms with Crippen LogP contribution < -0.4 is 0 Å². The summed E-state index contributed by atoms with van der Waals surface area (Å²) in [5.74, 6) is 0. The van der Waals surface area contributed by atoms with E-state index in [-0.39, 0.29) is 5.41 Å². The Labute approximate surface area is 80.5 Å². The van der Waals surface area contributed by atoms with Crippen LogP contribution in [0.5, 0.6) is 0 Å². The predicted octanol–water partition coefficient (Wildman–Crippen LogP) is 3.27. The molecule has 0 saturated carbocycles. The third-order valence-corrected chi connectivity index (χ3v) is 3.28. The van der Waals surface area contributed by atoms with Crippen molar-refractivity contribution in [2.24, 2.45) is 5.41 Å². The van der Waals surface area contributed by atoms with Crippen LogP contribution in [-0.4, -0.2) is 6.29 Å². The normalized spacial score (nSPS) is 28.8. The van der Waals surface area contributed by atoms with Crippen LogP contribution in [0.4, 0.5) is 0 Å². The molecule has 13 heavy (non-hydrogen) atoms. The minimum absolute atomic E-state index is 0.239. The summed E-state index contributed by atoms with van der Waals surface area (Å²) in [5.41, 5.74) is 2.55. The maximum Gasteiger partial charge on any atom is 0.145 e. The van der Waals surface area contributed by atoms with Crippen LogP contribution >= 0.6 is 0 Å². The second-order valence-corrected chi connectivity index (χ2v) is 4.10. The van der Waals surface area contributed by atoms with Gasteiger partial charge in [0.2, 0.25) is 0 Å². The van der Waals surface area contributed by atoms with Crippen LogP contribution in [0, 0.1) is 5.41 Å². The van der Waals surface area contributed by atoms with Gasteiger partial charge in [-0.2, -0.15) is 0 Å². The zero-order chi connectivity index (χ0) is 9.90. The van der Waals surface area contributed by atoms with E-state index < -0.39 is 0 Å². The molecule has 72 valence electrons. The standard InChI is InChI=1S/C12H18O/c1-4-5-7-12(3)8-6-11(9-13)10(12)2/h4-5,9H,6-8H2,1-3H3/b5-4+. The highest BCUT2D eigenvalue weighted by molar-refractivity contribution is 5.76. The van der Waals surface area contributed by atoms with E-state index in [1.807, 2.05) is 6.92 Å². The monoisotopic (exact) mass is 178 g/mol. The molecule has 1 aliphatic carbocycles. The Morgan fingerprint density at radius 2 is 2.23 bits per heavy atom. The summed E-state index contributed by atoms with van der Waals surface area (Å²) in [6.07, 6.45) is 8.44. The molecule has 1 aliphatic rings. The Morgan fingerprint density at radius 3 is 2.69 bits per heavy atom. The van der Waals surface area contributed by atoms with E-state index in [0.717, 1.165) is 31.1 Å². The van der Waals surface area contributed by atoms with Crippen molar-refractivity contribution >= 4 is 6.29 Å². The Balaban J connectivity index is 2.82. The lowest BCUT2D eigenvalue weighted by Crippen LogP contribution is -2.12. The van der Waals surface area contributed by atoms with Crippen molar-refractivity contribution in [2.75, 3.05) is 0 Å². The Morgan fingerprint density at radius 1 is 1.54 bits per heavy atom. The predicted molar refractivity (Wildman–Crippen MR) is 55.5 cm³/mol. The average Bonchev–Trinajstić information content (AvgIpc) is 2.41. The molecule has 0 bridgehead atoms. The van der Waals surface area contributed by atoms with Gasteiger partial charge in [-0.15, -0.1) is 0 Å². The molecule has 1 unspecified atom stereocenters. The summed E-state index contributed by atoms with van der Waals surface area (Å²) in [6, 6.07) is 0. The van der Waals surface area contributed by atoms with Crippen molar-refractivity contribution in [2.45, 2.75) is 40.0 Å². The third kappa shape index (κ3) is 1.90. The van der Waals surface area contributed by atoms with Gasteiger partial charge >= 0.3 is 0 Å². The lowest BCUT2D eigenvalue weighted by atomic mass is 9.80. The lowest BCUT2D eigenvalue weighted by molar-refractivity contribution is -0.105. The summed E-state index contributed by atoms with van der Waals surface area (Å²) in [6.45, 7) is 6.39. The number of carbonyl (C=O) groups is 1. The van der Waals surface area contributed by atoms with Crippen molar-refractivity contribution in [3.05, 3.63) is 23.3 Å². The SMILES string of the molecule is C/C=C/CC1(C)CCC(C=O)=C1C. The minimum Gasteiger partial charge on any atom is -0.298 e. The molecule has 0 amide bonds. The van der Waals surface area contributed by atoms with Crippen molar-refractivity contribution < 1.29 is 4.79 Å². The minimum atomic E-state index is 0.239. The van der Waals surface area contributed by atoms with Gasteiger partial charge in [0.25, 0.3) is 0 Å². The fourth-order valence-corrected chi connectivity index (χ4v) is 1.95. The Bertz CT molecular complexity index is 260. The van der Waals surface area contributed by atoms with Gasteiger partial charge in [0, 0.05) is 0 Å². The van der Waals surface area contributed by atoms with Gasteiger partial charge in [0.05, 0.1) is 0 Å². The molecule has 0 saturated heterocycles. The van der Waals surface area contributed by atoms with E-state index in [0.29, 0.717) is 0 Å². The average molecular weight is 178 g/mol. The first kappa shape index (κ1) is 10.2. The van der Waals surface area contributed by atoms with Crippen LogP contribution in [0.25, 0.3) is 0 Å². The van der Waals surface area contributed by atoms with Crippen molar-refractivity contribution in [3.8, 4) is 0 Å². The third-order valence-electron chi connectivity index (χ3n) is 3.28. The first-order valence-corrected chi connectivity index (χ1v) is 4.90. The van der Waals surface area contributed by atoms with Crippen LogP contribution in [0.3, 0.4) is 0 Å². The second kappa shape index (κ2) is 3.91. The smallest absolute Gasteiger partial charge is 0.145 e. The number of aldehydes is 1. The van der Waals surface area contributed by atoms with Gasteiger partial charge in [0.15, 0.2) is 0 Å². The molecule has 0 fully saturated rings. The van der Waals surface area contributed by atoms with Crippen LogP contribution in [0.1, 0.15) is 40.0 Å². The van der Waals surface area contributed by atoms with Gasteiger partial charge in [-0.05, 0) is 44.1 Å². The second-order valence-electron chi connectivity index (χ2n) is 4.10. The topological polar surface area (TPSA) is 17.1 Å². The molecular formula is C12H18O. The molecule has 1 atom stereocenters. The number of hydrogen-bond acceptors (Lipinski definition) is 1. The van der Waals surface area contributed by atoms with E-state index in [9.17, 15) is 4.79 Å². The molecule has 1 heteroatoms. The molecule has 1 nitrogen and oxygen atoms in total. The first-order valence-electron chi connectivity index (χ1n) is 4.90. The lowest BCUT2D eigenvalue weighted by Gasteiger charge is -2.24.